The molecule has 0 bridgehead atoms. The number of aromatic hydroxyl groups is 2. The van der Waals surface area contributed by atoms with Gasteiger partial charge in [0.05, 0.1) is 0 Å². The summed E-state index contributed by atoms with van der Waals surface area (Å²) >= 11 is 0. The highest BCUT2D eigenvalue weighted by molar-refractivity contribution is 5.90. The van der Waals surface area contributed by atoms with Crippen molar-refractivity contribution >= 4 is 30.1 Å². The van der Waals surface area contributed by atoms with Gasteiger partial charge in [-0.25, -0.2) is 14.4 Å². The number of aliphatic hydroxyl groups is 1. The smallest absolute Gasteiger partial charge is 0.331 e. The van der Waals surface area contributed by atoms with E-state index >= 15 is 0 Å². The van der Waals surface area contributed by atoms with Gasteiger partial charge in [-0.1, -0.05) is 24.3 Å². The zero-order chi connectivity index (χ0) is 24.7. The lowest BCUT2D eigenvalue weighted by Crippen LogP contribution is -2.45. The SMILES string of the molecule is O=C(/C=C/c1ccc(O)cc1)OC1C=C(C(=O)O)CC(OC(=O)/C=C/c2ccc(O)cc2)C1O. The number of aliphatic carboxylic acids is 1. The quantitative estimate of drug-likeness (QED) is 0.356. The first-order valence-electron chi connectivity index (χ1n) is 10.2. The van der Waals surface area contributed by atoms with E-state index in [9.17, 15) is 34.8 Å². The van der Waals surface area contributed by atoms with Crippen LogP contribution in [0.2, 0.25) is 0 Å². The lowest BCUT2D eigenvalue weighted by Gasteiger charge is -2.31. The Labute approximate surface area is 194 Å². The van der Waals surface area contributed by atoms with Crippen LogP contribution >= 0.6 is 0 Å². The Hall–Kier alpha value is -4.37. The molecule has 0 spiro atoms. The maximum atomic E-state index is 12.2. The first kappa shape index (κ1) is 24.3. The second kappa shape index (κ2) is 11.0. The summed E-state index contributed by atoms with van der Waals surface area (Å²) in [5.41, 5.74) is 1.04. The van der Waals surface area contributed by atoms with Crippen molar-refractivity contribution in [3.63, 3.8) is 0 Å². The van der Waals surface area contributed by atoms with Crippen molar-refractivity contribution in [2.24, 2.45) is 0 Å². The van der Waals surface area contributed by atoms with E-state index in [0.717, 1.165) is 18.2 Å². The molecule has 0 radical (unpaired) electrons. The second-order valence-corrected chi connectivity index (χ2v) is 7.42. The van der Waals surface area contributed by atoms with E-state index in [2.05, 4.69) is 0 Å². The highest BCUT2D eigenvalue weighted by Crippen LogP contribution is 2.25. The molecule has 0 heterocycles. The molecule has 176 valence electrons. The Balaban J connectivity index is 1.66. The van der Waals surface area contributed by atoms with Crippen molar-refractivity contribution in [2.75, 3.05) is 0 Å². The largest absolute Gasteiger partial charge is 0.508 e. The lowest BCUT2D eigenvalue weighted by atomic mass is 9.92. The van der Waals surface area contributed by atoms with Gasteiger partial charge in [-0.2, -0.15) is 0 Å². The molecule has 2 aromatic carbocycles. The average molecular weight is 466 g/mol. The number of phenolic OH excluding ortho intramolecular Hbond substituents is 2. The molecule has 0 saturated heterocycles. The molecular formula is C25H22O9. The van der Waals surface area contributed by atoms with Gasteiger partial charge in [0.15, 0.2) is 6.10 Å². The molecule has 9 nitrogen and oxygen atoms in total. The van der Waals surface area contributed by atoms with Crippen molar-refractivity contribution in [2.45, 2.75) is 24.7 Å². The number of carbonyl (C=O) groups is 3. The molecule has 3 rings (SSSR count). The number of rotatable bonds is 7. The Morgan fingerprint density at radius 2 is 1.26 bits per heavy atom. The minimum absolute atomic E-state index is 0.0647. The van der Waals surface area contributed by atoms with Crippen LogP contribution in [0.25, 0.3) is 12.2 Å². The van der Waals surface area contributed by atoms with Crippen molar-refractivity contribution in [1.82, 2.24) is 0 Å². The van der Waals surface area contributed by atoms with Crippen LogP contribution in [0.3, 0.4) is 0 Å². The topological polar surface area (TPSA) is 151 Å². The standard InChI is InChI=1S/C25H22O9/c26-18-7-1-15(2-8-18)5-11-22(28)33-20-13-17(25(31)32)14-21(24(20)30)34-23(29)12-6-16-3-9-19(27)10-4-16/h1-13,20-21,24,26-27,30H,14H2,(H,31,32)/b11-5+,12-6+. The molecule has 9 heteroatoms. The molecule has 0 fully saturated rings. The number of ether oxygens (including phenoxy) is 2. The molecule has 0 amide bonds. The van der Waals surface area contributed by atoms with Crippen LogP contribution in [-0.4, -0.2) is 56.6 Å². The fourth-order valence-corrected chi connectivity index (χ4v) is 3.15. The predicted octanol–water partition coefficient (Wildman–Crippen LogP) is 2.42. The fourth-order valence-electron chi connectivity index (χ4n) is 3.15. The lowest BCUT2D eigenvalue weighted by molar-refractivity contribution is -0.162. The summed E-state index contributed by atoms with van der Waals surface area (Å²) in [5, 5.41) is 38.5. The van der Waals surface area contributed by atoms with Crippen LogP contribution in [0, 0.1) is 0 Å². The van der Waals surface area contributed by atoms with E-state index < -0.39 is 36.2 Å². The number of hydrogen-bond acceptors (Lipinski definition) is 8. The van der Waals surface area contributed by atoms with E-state index in [4.69, 9.17) is 9.47 Å². The van der Waals surface area contributed by atoms with Crippen molar-refractivity contribution in [3.8, 4) is 11.5 Å². The van der Waals surface area contributed by atoms with Crippen LogP contribution in [0.5, 0.6) is 11.5 Å². The number of carboxylic acid groups (broad SMARTS) is 1. The van der Waals surface area contributed by atoms with Crippen molar-refractivity contribution < 1.29 is 44.3 Å². The van der Waals surface area contributed by atoms with E-state index in [1.807, 2.05) is 0 Å². The van der Waals surface area contributed by atoms with E-state index in [1.54, 1.807) is 24.3 Å². The van der Waals surface area contributed by atoms with E-state index in [1.165, 1.54) is 36.4 Å². The summed E-state index contributed by atoms with van der Waals surface area (Å²) in [6.45, 7) is 0. The second-order valence-electron chi connectivity index (χ2n) is 7.42. The third-order valence-electron chi connectivity index (χ3n) is 4.91. The van der Waals surface area contributed by atoms with Gasteiger partial charge in [0.2, 0.25) is 0 Å². The molecule has 0 saturated carbocycles. The maximum absolute atomic E-state index is 12.2. The summed E-state index contributed by atoms with van der Waals surface area (Å²) in [5.74, 6) is -2.85. The molecule has 0 aliphatic heterocycles. The van der Waals surface area contributed by atoms with Crippen molar-refractivity contribution in [3.05, 3.63) is 83.5 Å². The molecule has 3 atom stereocenters. The molecule has 4 N–H and O–H groups in total. The first-order valence-corrected chi connectivity index (χ1v) is 10.2. The zero-order valence-corrected chi connectivity index (χ0v) is 17.8. The Morgan fingerprint density at radius 1 is 0.794 bits per heavy atom. The van der Waals surface area contributed by atoms with Crippen LogP contribution in [0.15, 0.2) is 72.3 Å². The minimum Gasteiger partial charge on any atom is -0.508 e. The average Bonchev–Trinajstić information content (AvgIpc) is 2.80. The molecule has 1 aliphatic rings. The van der Waals surface area contributed by atoms with Gasteiger partial charge in [-0.05, 0) is 53.6 Å². The fraction of sp³-hybridized carbons (Fsp3) is 0.160. The van der Waals surface area contributed by atoms with Gasteiger partial charge in [0, 0.05) is 24.1 Å². The number of benzene rings is 2. The summed E-state index contributed by atoms with van der Waals surface area (Å²) in [4.78, 5) is 35.9. The van der Waals surface area contributed by atoms with Crippen LogP contribution in [0.1, 0.15) is 17.5 Å². The number of aliphatic hydroxyl groups excluding tert-OH is 1. The highest BCUT2D eigenvalue weighted by atomic mass is 16.6. The molecule has 0 aromatic heterocycles. The Bertz CT molecular complexity index is 1130. The summed E-state index contributed by atoms with van der Waals surface area (Å²) < 4.78 is 10.4. The normalized spacial score (nSPS) is 20.1. The minimum atomic E-state index is -1.49. The molecular weight excluding hydrogens is 444 g/mol. The Morgan fingerprint density at radius 3 is 1.74 bits per heavy atom. The zero-order valence-electron chi connectivity index (χ0n) is 17.8. The maximum Gasteiger partial charge on any atom is 0.331 e. The van der Waals surface area contributed by atoms with E-state index in [-0.39, 0.29) is 23.5 Å². The first-order chi connectivity index (χ1) is 16.2. The van der Waals surface area contributed by atoms with Gasteiger partial charge in [-0.3, -0.25) is 0 Å². The van der Waals surface area contributed by atoms with Gasteiger partial charge < -0.3 is 29.9 Å². The van der Waals surface area contributed by atoms with Crippen LogP contribution < -0.4 is 0 Å². The molecule has 1 aliphatic carbocycles. The number of esters is 2. The highest BCUT2D eigenvalue weighted by Gasteiger charge is 2.38. The van der Waals surface area contributed by atoms with Gasteiger partial charge in [-0.15, -0.1) is 0 Å². The summed E-state index contributed by atoms with van der Waals surface area (Å²) in [6, 6.07) is 12.0. The molecule has 2 aromatic rings. The number of carboxylic acids is 1. The number of hydrogen-bond donors (Lipinski definition) is 4. The third-order valence-corrected chi connectivity index (χ3v) is 4.91. The number of carbonyl (C=O) groups excluding carboxylic acids is 2. The van der Waals surface area contributed by atoms with Crippen LogP contribution in [-0.2, 0) is 23.9 Å². The van der Waals surface area contributed by atoms with Crippen molar-refractivity contribution in [1.29, 1.82) is 0 Å². The monoisotopic (exact) mass is 466 g/mol. The van der Waals surface area contributed by atoms with Gasteiger partial charge in [0.25, 0.3) is 0 Å². The third kappa shape index (κ3) is 6.81. The van der Waals surface area contributed by atoms with Gasteiger partial charge in [0.1, 0.15) is 23.7 Å². The van der Waals surface area contributed by atoms with Crippen LogP contribution in [0.4, 0.5) is 0 Å². The molecule has 34 heavy (non-hydrogen) atoms. The molecule has 3 unspecified atom stereocenters. The van der Waals surface area contributed by atoms with E-state index in [0.29, 0.717) is 11.1 Å². The summed E-state index contributed by atoms with van der Waals surface area (Å²) in [7, 11) is 0. The predicted molar refractivity (Wildman–Crippen MR) is 120 cm³/mol. The summed E-state index contributed by atoms with van der Waals surface area (Å²) in [6.07, 6.45) is 1.77. The number of phenols is 2. The van der Waals surface area contributed by atoms with Gasteiger partial charge >= 0.3 is 17.9 Å². The Kier molecular flexibility index (Phi) is 7.83.